The smallest absolute Gasteiger partial charge is 0.242 e. The van der Waals surface area contributed by atoms with E-state index in [1.54, 1.807) is 18.2 Å². The first kappa shape index (κ1) is 15.8. The standard InChI is InChI=1S/C14H14ClFN2O2S/c1-17-21(19,20)14-5-3-2-4-13(14)18-9-10-8-11(15)6-7-12(10)16/h2-8,17-18H,9H2,1H3. The van der Waals surface area contributed by atoms with Crippen LogP contribution in [0, 0.1) is 5.82 Å². The second kappa shape index (κ2) is 6.43. The molecule has 2 aromatic carbocycles. The number of nitrogens with one attached hydrogen (secondary N) is 2. The molecule has 0 heterocycles. The summed E-state index contributed by atoms with van der Waals surface area (Å²) in [6.07, 6.45) is 0. The van der Waals surface area contributed by atoms with Gasteiger partial charge in [-0.2, -0.15) is 0 Å². The SMILES string of the molecule is CNS(=O)(=O)c1ccccc1NCc1cc(Cl)ccc1F. The minimum atomic E-state index is -3.58. The van der Waals surface area contributed by atoms with Crippen molar-refractivity contribution < 1.29 is 12.8 Å². The second-order valence-corrected chi connectivity index (χ2v) is 6.58. The molecule has 2 rings (SSSR count). The topological polar surface area (TPSA) is 58.2 Å². The van der Waals surface area contributed by atoms with Gasteiger partial charge in [-0.05, 0) is 37.4 Å². The summed E-state index contributed by atoms with van der Waals surface area (Å²) in [5, 5.41) is 3.34. The van der Waals surface area contributed by atoms with Crippen LogP contribution in [0.1, 0.15) is 5.56 Å². The first-order chi connectivity index (χ1) is 9.94. The molecule has 0 saturated carbocycles. The summed E-state index contributed by atoms with van der Waals surface area (Å²) >= 11 is 5.82. The molecule has 2 N–H and O–H groups in total. The maximum absolute atomic E-state index is 13.6. The van der Waals surface area contributed by atoms with Crippen LogP contribution in [0.4, 0.5) is 10.1 Å². The Balaban J connectivity index is 2.27. The Bertz CT molecular complexity index is 750. The summed E-state index contributed by atoms with van der Waals surface area (Å²) in [6, 6.07) is 10.6. The summed E-state index contributed by atoms with van der Waals surface area (Å²) in [5.41, 5.74) is 0.755. The van der Waals surface area contributed by atoms with Crippen molar-refractivity contribution in [2.75, 3.05) is 12.4 Å². The van der Waals surface area contributed by atoms with Gasteiger partial charge in [0, 0.05) is 17.1 Å². The molecule has 0 unspecified atom stereocenters. The van der Waals surface area contributed by atoms with Crippen LogP contribution in [-0.2, 0) is 16.6 Å². The molecule has 21 heavy (non-hydrogen) atoms. The van der Waals surface area contributed by atoms with Gasteiger partial charge in [-0.1, -0.05) is 23.7 Å². The van der Waals surface area contributed by atoms with Gasteiger partial charge in [-0.25, -0.2) is 17.5 Å². The number of halogens is 2. The Morgan fingerprint density at radius 1 is 1.19 bits per heavy atom. The molecule has 0 spiro atoms. The molecule has 0 fully saturated rings. The fourth-order valence-electron chi connectivity index (χ4n) is 1.83. The van der Waals surface area contributed by atoms with E-state index >= 15 is 0 Å². The van der Waals surface area contributed by atoms with E-state index in [9.17, 15) is 12.8 Å². The van der Waals surface area contributed by atoms with E-state index in [1.165, 1.54) is 31.3 Å². The number of sulfonamides is 1. The number of rotatable bonds is 5. The van der Waals surface area contributed by atoms with Crippen molar-refractivity contribution in [1.82, 2.24) is 4.72 Å². The van der Waals surface area contributed by atoms with Gasteiger partial charge in [0.2, 0.25) is 10.0 Å². The predicted octanol–water partition coefficient (Wildman–Crippen LogP) is 3.00. The molecular formula is C14H14ClFN2O2S. The average molecular weight is 329 g/mol. The van der Waals surface area contributed by atoms with E-state index in [4.69, 9.17) is 11.6 Å². The Morgan fingerprint density at radius 2 is 1.90 bits per heavy atom. The van der Waals surface area contributed by atoms with Crippen molar-refractivity contribution in [3.8, 4) is 0 Å². The molecule has 0 bridgehead atoms. The minimum Gasteiger partial charge on any atom is -0.380 e. The lowest BCUT2D eigenvalue weighted by Gasteiger charge is -2.12. The van der Waals surface area contributed by atoms with E-state index in [0.717, 1.165) is 0 Å². The molecule has 0 saturated heterocycles. The normalized spacial score (nSPS) is 11.4. The van der Waals surface area contributed by atoms with Gasteiger partial charge in [0.1, 0.15) is 10.7 Å². The monoisotopic (exact) mass is 328 g/mol. The predicted molar refractivity (Wildman–Crippen MR) is 81.4 cm³/mol. The van der Waals surface area contributed by atoms with E-state index in [0.29, 0.717) is 16.3 Å². The minimum absolute atomic E-state index is 0.106. The average Bonchev–Trinajstić information content (AvgIpc) is 2.48. The Kier molecular flexibility index (Phi) is 4.82. The first-order valence-corrected chi connectivity index (χ1v) is 8.00. The van der Waals surface area contributed by atoms with Gasteiger partial charge in [0.05, 0.1) is 5.69 Å². The third kappa shape index (κ3) is 3.72. The Labute approximate surface area is 128 Å². The highest BCUT2D eigenvalue weighted by Gasteiger charge is 2.16. The Morgan fingerprint density at radius 3 is 2.62 bits per heavy atom. The Hall–Kier alpha value is -1.63. The lowest BCUT2D eigenvalue weighted by Crippen LogP contribution is -2.20. The molecule has 0 aliphatic heterocycles. The van der Waals surface area contributed by atoms with Crippen LogP contribution in [0.2, 0.25) is 5.02 Å². The highest BCUT2D eigenvalue weighted by molar-refractivity contribution is 7.89. The number of anilines is 1. The van der Waals surface area contributed by atoms with Crippen LogP contribution in [0.15, 0.2) is 47.4 Å². The van der Waals surface area contributed by atoms with Crippen LogP contribution in [0.25, 0.3) is 0 Å². The molecule has 0 atom stereocenters. The quantitative estimate of drug-likeness (QED) is 0.887. The molecule has 0 radical (unpaired) electrons. The van der Waals surface area contributed by atoms with Gasteiger partial charge in [-0.15, -0.1) is 0 Å². The van der Waals surface area contributed by atoms with Gasteiger partial charge in [0.25, 0.3) is 0 Å². The fourth-order valence-corrected chi connectivity index (χ4v) is 2.93. The second-order valence-electron chi connectivity index (χ2n) is 4.29. The summed E-state index contributed by atoms with van der Waals surface area (Å²) in [7, 11) is -2.25. The van der Waals surface area contributed by atoms with E-state index in [-0.39, 0.29) is 11.4 Å². The van der Waals surface area contributed by atoms with Gasteiger partial charge in [0.15, 0.2) is 0 Å². The molecule has 2 aromatic rings. The first-order valence-electron chi connectivity index (χ1n) is 6.14. The zero-order valence-electron chi connectivity index (χ0n) is 11.2. The summed E-state index contributed by atoms with van der Waals surface area (Å²) < 4.78 is 39.7. The van der Waals surface area contributed by atoms with Gasteiger partial charge in [-0.3, -0.25) is 0 Å². The van der Waals surface area contributed by atoms with Crippen molar-refractivity contribution >= 4 is 27.3 Å². The van der Waals surface area contributed by atoms with Gasteiger partial charge >= 0.3 is 0 Å². The molecule has 0 aliphatic carbocycles. The molecular weight excluding hydrogens is 315 g/mol. The van der Waals surface area contributed by atoms with Crippen molar-refractivity contribution in [1.29, 1.82) is 0 Å². The van der Waals surface area contributed by atoms with Crippen molar-refractivity contribution in [3.63, 3.8) is 0 Å². The highest BCUT2D eigenvalue weighted by Crippen LogP contribution is 2.22. The van der Waals surface area contributed by atoms with Crippen LogP contribution in [-0.4, -0.2) is 15.5 Å². The largest absolute Gasteiger partial charge is 0.380 e. The van der Waals surface area contributed by atoms with E-state index in [2.05, 4.69) is 10.0 Å². The molecule has 4 nitrogen and oxygen atoms in total. The van der Waals surface area contributed by atoms with Crippen molar-refractivity contribution in [2.45, 2.75) is 11.4 Å². The van der Waals surface area contributed by atoms with Crippen LogP contribution in [0.5, 0.6) is 0 Å². The van der Waals surface area contributed by atoms with Gasteiger partial charge < -0.3 is 5.32 Å². The maximum atomic E-state index is 13.6. The summed E-state index contributed by atoms with van der Waals surface area (Å²) in [5.74, 6) is -0.402. The van der Waals surface area contributed by atoms with E-state index < -0.39 is 15.8 Å². The van der Waals surface area contributed by atoms with Crippen molar-refractivity contribution in [2.24, 2.45) is 0 Å². The van der Waals surface area contributed by atoms with E-state index in [1.807, 2.05) is 0 Å². The van der Waals surface area contributed by atoms with Crippen LogP contribution in [0.3, 0.4) is 0 Å². The highest BCUT2D eigenvalue weighted by atomic mass is 35.5. The number of hydrogen-bond acceptors (Lipinski definition) is 3. The molecule has 0 amide bonds. The zero-order valence-corrected chi connectivity index (χ0v) is 12.8. The molecule has 7 heteroatoms. The third-order valence-corrected chi connectivity index (χ3v) is 4.63. The summed E-state index contributed by atoms with van der Waals surface area (Å²) in [4.78, 5) is 0.106. The fraction of sp³-hybridized carbons (Fsp3) is 0.143. The van der Waals surface area contributed by atoms with Crippen LogP contribution < -0.4 is 10.0 Å². The van der Waals surface area contributed by atoms with Crippen LogP contribution >= 0.6 is 11.6 Å². The molecule has 0 aliphatic rings. The summed E-state index contributed by atoms with van der Waals surface area (Å²) in [6.45, 7) is 0.128. The number of hydrogen-bond donors (Lipinski definition) is 2. The molecule has 112 valence electrons. The molecule has 0 aromatic heterocycles. The zero-order chi connectivity index (χ0) is 15.5. The lowest BCUT2D eigenvalue weighted by molar-refractivity contribution is 0.588. The number of para-hydroxylation sites is 1. The van der Waals surface area contributed by atoms with Crippen molar-refractivity contribution in [3.05, 3.63) is 58.9 Å². The lowest BCUT2D eigenvalue weighted by atomic mass is 10.2. The third-order valence-electron chi connectivity index (χ3n) is 2.92. The number of benzene rings is 2. The maximum Gasteiger partial charge on any atom is 0.242 e.